The van der Waals surface area contributed by atoms with Gasteiger partial charge in [-0.1, -0.05) is 0 Å². The van der Waals surface area contributed by atoms with Gasteiger partial charge in [0.15, 0.2) is 0 Å². The van der Waals surface area contributed by atoms with Crippen LogP contribution in [0.15, 0.2) is 142 Å². The Morgan fingerprint density at radius 1 is 0.567 bits per heavy atom. The molecule has 60 heavy (non-hydrogen) atoms. The molecule has 0 amide bonds. The van der Waals surface area contributed by atoms with Gasteiger partial charge in [-0.15, -0.1) is 0 Å². The van der Waals surface area contributed by atoms with Crippen molar-refractivity contribution in [2.75, 3.05) is 0 Å². The van der Waals surface area contributed by atoms with E-state index in [1.807, 2.05) is 0 Å². The number of halogens is 2. The van der Waals surface area contributed by atoms with Gasteiger partial charge in [0.25, 0.3) is 0 Å². The zero-order valence-corrected chi connectivity index (χ0v) is 41.2. The molecule has 2 aliphatic carbocycles. The Labute approximate surface area is 381 Å². The Bertz CT molecular complexity index is 2440. The molecule has 0 nitrogen and oxygen atoms in total. The normalized spacial score (nSPS) is 14.2. The quantitative estimate of drug-likeness (QED) is 0.136. The molecule has 0 N–H and O–H groups in total. The van der Waals surface area contributed by atoms with E-state index in [1.54, 1.807) is 6.49 Å². The summed E-state index contributed by atoms with van der Waals surface area (Å²) in [4.78, 5) is 0. The van der Waals surface area contributed by atoms with Crippen molar-refractivity contribution < 1.29 is 46.1 Å². The zero-order chi connectivity index (χ0) is 40.9. The first kappa shape index (κ1) is 45.7. The minimum Gasteiger partial charge on any atom is -1.00 e. The number of aryl methyl sites for hydroxylation is 6. The van der Waals surface area contributed by atoms with Gasteiger partial charge >= 0.3 is 359 Å². The molecule has 6 aromatic rings. The summed E-state index contributed by atoms with van der Waals surface area (Å²) in [5.41, 5.74) is 23.8. The minimum atomic E-state index is -3.10. The first-order valence-electron chi connectivity index (χ1n) is 21.6. The van der Waals surface area contributed by atoms with E-state index >= 15 is 0 Å². The molecule has 1 atom stereocenters. The van der Waals surface area contributed by atoms with Crippen molar-refractivity contribution in [3.8, 4) is 33.4 Å². The number of allylic oxidation sites excluding steroid dienone is 4. The van der Waals surface area contributed by atoms with E-state index in [0.717, 1.165) is 0 Å². The van der Waals surface area contributed by atoms with Crippen LogP contribution in [0.5, 0.6) is 0 Å². The summed E-state index contributed by atoms with van der Waals surface area (Å²) in [6.07, 6.45) is 9.08. The Balaban J connectivity index is 0.00000302. The molecule has 1 unspecified atom stereocenters. The summed E-state index contributed by atoms with van der Waals surface area (Å²) in [6, 6.07) is 47.5. The van der Waals surface area contributed by atoms with Crippen LogP contribution >= 0.6 is 0 Å². The van der Waals surface area contributed by atoms with E-state index < -0.39 is 21.3 Å². The molecule has 0 saturated heterocycles. The summed E-state index contributed by atoms with van der Waals surface area (Å²) in [7, 11) is 0. The second kappa shape index (κ2) is 18.6. The van der Waals surface area contributed by atoms with Gasteiger partial charge in [-0.2, -0.15) is 0 Å². The average molecular weight is 907 g/mol. The van der Waals surface area contributed by atoms with Crippen LogP contribution < -0.4 is 24.8 Å². The molecule has 0 fully saturated rings. The third kappa shape index (κ3) is 8.75. The van der Waals surface area contributed by atoms with Crippen LogP contribution in [0.4, 0.5) is 0 Å². The van der Waals surface area contributed by atoms with Gasteiger partial charge in [-0.05, 0) is 0 Å². The Morgan fingerprint density at radius 3 is 1.40 bits per heavy atom. The van der Waals surface area contributed by atoms with Crippen LogP contribution in [-0.4, -0.2) is 3.21 Å². The summed E-state index contributed by atoms with van der Waals surface area (Å²) in [5.74, 6) is 0.452. The third-order valence-electron chi connectivity index (χ3n) is 12.8. The van der Waals surface area contributed by atoms with Gasteiger partial charge in [-0.3, -0.25) is 0 Å². The number of hydrogen-bond donors (Lipinski definition) is 0. The Hall–Kier alpha value is -3.87. The molecule has 0 aliphatic heterocycles. The fraction of sp³-hybridized carbons (Fsp3) is 0.281. The molecule has 0 aromatic heterocycles. The fourth-order valence-electron chi connectivity index (χ4n) is 10.3. The van der Waals surface area contributed by atoms with Crippen molar-refractivity contribution in [1.82, 2.24) is 0 Å². The van der Waals surface area contributed by atoms with Crippen LogP contribution in [-0.2, 0) is 21.3 Å². The summed E-state index contributed by atoms with van der Waals surface area (Å²) < 4.78 is 3.67. The molecule has 0 saturated carbocycles. The first-order valence-corrected chi connectivity index (χ1v) is 25.5. The SMILES string of the molecule is CCCCC1C=C(C(C)(C)C)C=[C]1[Zr+2](=[C](c1ccccc1)c1ccccc1)[CH]1c2cc(-c3c(C)cc(C)cc3C)ccc2-c2ccc(-c3c(C)cc(C)cc3C)cc21.[Cl-].[Cl-]. The molecule has 2 aliphatic rings. The number of benzene rings is 6. The smallest absolute Gasteiger partial charge is 1.00 e. The predicted molar refractivity (Wildman–Crippen MR) is 248 cm³/mol. The molecule has 306 valence electrons. The summed E-state index contributed by atoms with van der Waals surface area (Å²) in [6.45, 7) is 23.2. The van der Waals surface area contributed by atoms with Crippen molar-refractivity contribution in [3.05, 3.63) is 198 Å². The maximum absolute atomic E-state index is 3.10. The van der Waals surface area contributed by atoms with Crippen molar-refractivity contribution in [2.45, 2.75) is 92.1 Å². The molecule has 0 radical (unpaired) electrons. The molecular weight excluding hydrogens is 847 g/mol. The van der Waals surface area contributed by atoms with Gasteiger partial charge in [0.2, 0.25) is 0 Å². The van der Waals surface area contributed by atoms with E-state index in [4.69, 9.17) is 0 Å². The van der Waals surface area contributed by atoms with Crippen LogP contribution in [0.1, 0.15) is 106 Å². The number of rotatable bonds is 9. The minimum absolute atomic E-state index is 0. The van der Waals surface area contributed by atoms with E-state index in [0.29, 0.717) is 9.54 Å². The van der Waals surface area contributed by atoms with Gasteiger partial charge in [0, 0.05) is 0 Å². The molecule has 3 heteroatoms. The van der Waals surface area contributed by atoms with E-state index in [-0.39, 0.29) is 30.2 Å². The third-order valence-corrected chi connectivity index (χ3v) is 21.3. The van der Waals surface area contributed by atoms with Gasteiger partial charge < -0.3 is 24.8 Å². The zero-order valence-electron chi connectivity index (χ0n) is 37.2. The largest absolute Gasteiger partial charge is 1.00 e. The molecule has 0 heterocycles. The molecule has 0 bridgehead atoms. The van der Waals surface area contributed by atoms with Crippen LogP contribution in [0.25, 0.3) is 33.4 Å². The van der Waals surface area contributed by atoms with E-state index in [1.165, 1.54) is 114 Å². The fourth-order valence-corrected chi connectivity index (χ4v) is 19.9. The standard InChI is InChI=1S/C31H29.C13H10.C13H21.2ClH.Zr/c1-18-11-20(3)30(21(4)12-18)24-7-9-28-26(15-24)17-27-16-25(8-10-29(27)28)31-22(5)13-19(2)14-23(31)6;1-3-7-12(8-4-1)11-13-9-5-2-6-10-13;1-5-6-7-11-8-9-12(10-11)13(2,3)4;;;/h7-17H,1-6H3;1-10H;9-11H,5-7H2,1-4H3;2*1H;/q;;;;;+2/p-2. The van der Waals surface area contributed by atoms with Gasteiger partial charge in [0.1, 0.15) is 0 Å². The predicted octanol–water partition coefficient (Wildman–Crippen LogP) is 9.51. The second-order valence-corrected chi connectivity index (χ2v) is 24.4. The maximum Gasteiger partial charge on any atom is -1.00 e. The molecular formula is C57H60Cl2Zr. The van der Waals surface area contributed by atoms with Crippen LogP contribution in [0.2, 0.25) is 0 Å². The molecule has 8 rings (SSSR count). The monoisotopic (exact) mass is 904 g/mol. The first-order chi connectivity index (χ1) is 27.8. The molecule has 0 spiro atoms. The van der Waals surface area contributed by atoms with Gasteiger partial charge in [0.05, 0.1) is 0 Å². The van der Waals surface area contributed by atoms with Crippen molar-refractivity contribution in [1.29, 1.82) is 0 Å². The topological polar surface area (TPSA) is 0 Å². The van der Waals surface area contributed by atoms with E-state index in [2.05, 4.69) is 203 Å². The second-order valence-electron chi connectivity index (χ2n) is 18.3. The Morgan fingerprint density at radius 2 is 1.00 bits per heavy atom. The number of hydrogen-bond acceptors (Lipinski definition) is 0. The van der Waals surface area contributed by atoms with Gasteiger partial charge in [-0.25, -0.2) is 0 Å². The maximum atomic E-state index is 2.73. The van der Waals surface area contributed by atoms with Crippen LogP contribution in [0.3, 0.4) is 0 Å². The summed E-state index contributed by atoms with van der Waals surface area (Å²) in [5, 5.41) is 0. The van der Waals surface area contributed by atoms with E-state index in [9.17, 15) is 0 Å². The van der Waals surface area contributed by atoms with Crippen molar-refractivity contribution in [3.63, 3.8) is 0 Å². The number of fused-ring (bicyclic) bond motifs is 3. The average Bonchev–Trinajstić information content (AvgIpc) is 3.75. The van der Waals surface area contributed by atoms with Crippen molar-refractivity contribution >= 4 is 3.21 Å². The molecule has 6 aromatic carbocycles. The Kier molecular flexibility index (Phi) is 14.2. The van der Waals surface area contributed by atoms with Crippen LogP contribution in [0, 0.1) is 52.9 Å². The van der Waals surface area contributed by atoms with Crippen molar-refractivity contribution in [2.24, 2.45) is 11.3 Å². The number of unbranched alkanes of at least 4 members (excludes halogenated alkanes) is 1. The summed E-state index contributed by atoms with van der Waals surface area (Å²) >= 11 is -3.10.